The highest BCUT2D eigenvalue weighted by molar-refractivity contribution is 5.89. The highest BCUT2D eigenvalue weighted by atomic mass is 16.6. The molecule has 24 heavy (non-hydrogen) atoms. The molecule has 0 radical (unpaired) electrons. The van der Waals surface area contributed by atoms with Crippen molar-refractivity contribution in [2.45, 2.75) is 77.1 Å². The normalized spacial score (nSPS) is 38.5. The fourth-order valence-corrected chi connectivity index (χ4v) is 3.52. The van der Waals surface area contributed by atoms with E-state index in [1.165, 1.54) is 5.57 Å². The standard InChI is InChI=1S/C20H30O4/c1-13-7-5-8-14(2)11-17(21)16-12-18(24-19(22)15(16)3)20(4,23)10-6-9-13/h8-9,16-18,21,23H,3,5-7,10-12H2,1-2,4H3/b13-9?,14-8+. The second kappa shape index (κ2) is 7.66. The number of aliphatic hydroxyl groups excluding tert-OH is 1. The van der Waals surface area contributed by atoms with E-state index in [1.807, 2.05) is 6.92 Å². The Morgan fingerprint density at radius 1 is 1.25 bits per heavy atom. The molecule has 0 spiro atoms. The topological polar surface area (TPSA) is 66.8 Å². The van der Waals surface area contributed by atoms with Crippen molar-refractivity contribution in [1.29, 1.82) is 0 Å². The maximum absolute atomic E-state index is 12.1. The summed E-state index contributed by atoms with van der Waals surface area (Å²) in [4.78, 5) is 12.1. The molecular formula is C20H30O4. The molecule has 1 aliphatic carbocycles. The summed E-state index contributed by atoms with van der Waals surface area (Å²) >= 11 is 0. The summed E-state index contributed by atoms with van der Waals surface area (Å²) in [7, 11) is 0. The van der Waals surface area contributed by atoms with Crippen LogP contribution in [0.5, 0.6) is 0 Å². The first-order valence-corrected chi connectivity index (χ1v) is 8.82. The van der Waals surface area contributed by atoms with Gasteiger partial charge in [-0.3, -0.25) is 0 Å². The number of fused-ring (bicyclic) bond motifs is 2. The molecule has 1 heterocycles. The highest BCUT2D eigenvalue weighted by Crippen LogP contribution is 2.36. The lowest BCUT2D eigenvalue weighted by Gasteiger charge is -2.40. The van der Waals surface area contributed by atoms with Crippen molar-refractivity contribution in [2.24, 2.45) is 5.92 Å². The Labute approximate surface area is 144 Å². The molecule has 1 fully saturated rings. The van der Waals surface area contributed by atoms with Crippen LogP contribution >= 0.6 is 0 Å². The van der Waals surface area contributed by atoms with Gasteiger partial charge in [0.25, 0.3) is 0 Å². The summed E-state index contributed by atoms with van der Waals surface area (Å²) in [5.41, 5.74) is 1.60. The van der Waals surface area contributed by atoms with Crippen LogP contribution in [0.2, 0.25) is 0 Å². The number of allylic oxidation sites excluding steroid dienone is 3. The average Bonchev–Trinajstić information content (AvgIpc) is 2.48. The zero-order valence-electron chi connectivity index (χ0n) is 15.0. The lowest BCUT2D eigenvalue weighted by atomic mass is 9.78. The van der Waals surface area contributed by atoms with Crippen LogP contribution in [0.3, 0.4) is 0 Å². The van der Waals surface area contributed by atoms with Gasteiger partial charge in [-0.05, 0) is 59.3 Å². The van der Waals surface area contributed by atoms with Crippen LogP contribution in [-0.2, 0) is 9.53 Å². The van der Waals surface area contributed by atoms with E-state index < -0.39 is 23.8 Å². The van der Waals surface area contributed by atoms with Crippen LogP contribution in [0.4, 0.5) is 0 Å². The number of aliphatic hydroxyl groups is 2. The van der Waals surface area contributed by atoms with Gasteiger partial charge in [0.15, 0.2) is 0 Å². The highest BCUT2D eigenvalue weighted by Gasteiger charge is 2.43. The minimum absolute atomic E-state index is 0.310. The minimum atomic E-state index is -1.11. The number of carbonyl (C=O) groups is 1. The van der Waals surface area contributed by atoms with Gasteiger partial charge in [-0.25, -0.2) is 4.79 Å². The lowest BCUT2D eigenvalue weighted by molar-refractivity contribution is -0.171. The average molecular weight is 334 g/mol. The molecule has 0 amide bonds. The second-order valence-corrected chi connectivity index (χ2v) is 7.57. The number of hydrogen-bond donors (Lipinski definition) is 2. The van der Waals surface area contributed by atoms with Crippen molar-refractivity contribution in [1.82, 2.24) is 0 Å². The van der Waals surface area contributed by atoms with Gasteiger partial charge in [0.05, 0.1) is 11.7 Å². The molecule has 0 saturated carbocycles. The molecule has 4 nitrogen and oxygen atoms in total. The molecule has 134 valence electrons. The lowest BCUT2D eigenvalue weighted by Crippen LogP contribution is -2.49. The first-order valence-electron chi connectivity index (χ1n) is 8.82. The van der Waals surface area contributed by atoms with Gasteiger partial charge in [0.1, 0.15) is 6.10 Å². The maximum Gasteiger partial charge on any atom is 0.334 e. The van der Waals surface area contributed by atoms with Crippen LogP contribution in [-0.4, -0.2) is 34.0 Å². The van der Waals surface area contributed by atoms with Crippen molar-refractivity contribution in [3.05, 3.63) is 35.5 Å². The molecule has 2 rings (SSSR count). The quantitative estimate of drug-likeness (QED) is 0.404. The largest absolute Gasteiger partial charge is 0.456 e. The fraction of sp³-hybridized carbons (Fsp3) is 0.650. The SMILES string of the molecule is C=C1C(=O)OC2CC1C(O)C/C(C)=C/CCC(C)=CCCC2(C)O. The van der Waals surface area contributed by atoms with E-state index in [9.17, 15) is 15.0 Å². The van der Waals surface area contributed by atoms with E-state index in [1.54, 1.807) is 6.92 Å². The van der Waals surface area contributed by atoms with E-state index >= 15 is 0 Å². The number of rotatable bonds is 0. The van der Waals surface area contributed by atoms with Gasteiger partial charge in [-0.1, -0.05) is 29.9 Å². The Bertz CT molecular complexity index is 556. The molecule has 0 aromatic rings. The fourth-order valence-electron chi connectivity index (χ4n) is 3.52. The zero-order valence-corrected chi connectivity index (χ0v) is 15.0. The molecule has 4 heteroatoms. The van der Waals surface area contributed by atoms with Crippen LogP contribution in [0.25, 0.3) is 0 Å². The monoisotopic (exact) mass is 334 g/mol. The predicted octanol–water partition coefficient (Wildman–Crippen LogP) is 3.44. The summed E-state index contributed by atoms with van der Waals surface area (Å²) in [6.45, 7) is 9.62. The molecule has 4 unspecified atom stereocenters. The molecule has 1 saturated heterocycles. The van der Waals surface area contributed by atoms with Gasteiger partial charge in [0, 0.05) is 11.5 Å². The third kappa shape index (κ3) is 4.58. The second-order valence-electron chi connectivity index (χ2n) is 7.57. The Kier molecular flexibility index (Phi) is 6.05. The molecule has 0 aromatic heterocycles. The van der Waals surface area contributed by atoms with Gasteiger partial charge in [-0.2, -0.15) is 0 Å². The Morgan fingerprint density at radius 3 is 2.62 bits per heavy atom. The Morgan fingerprint density at radius 2 is 1.92 bits per heavy atom. The number of hydrogen-bond acceptors (Lipinski definition) is 4. The predicted molar refractivity (Wildman–Crippen MR) is 94.4 cm³/mol. The first kappa shape index (κ1) is 18.9. The zero-order chi connectivity index (χ0) is 17.9. The molecule has 2 bridgehead atoms. The van der Waals surface area contributed by atoms with Crippen LogP contribution in [0.15, 0.2) is 35.5 Å². The van der Waals surface area contributed by atoms with E-state index in [4.69, 9.17) is 4.74 Å². The van der Waals surface area contributed by atoms with Crippen molar-refractivity contribution in [2.75, 3.05) is 0 Å². The molecule has 2 aliphatic rings. The van der Waals surface area contributed by atoms with E-state index in [0.29, 0.717) is 24.8 Å². The van der Waals surface area contributed by atoms with Crippen molar-refractivity contribution >= 4 is 5.97 Å². The smallest absolute Gasteiger partial charge is 0.334 e. The Balaban J connectivity index is 2.29. The van der Waals surface area contributed by atoms with E-state index in [2.05, 4.69) is 25.7 Å². The number of ether oxygens (including phenoxy) is 1. The van der Waals surface area contributed by atoms with Gasteiger partial charge in [-0.15, -0.1) is 0 Å². The van der Waals surface area contributed by atoms with E-state index in [-0.39, 0.29) is 5.92 Å². The van der Waals surface area contributed by atoms with Crippen LogP contribution in [0.1, 0.15) is 59.3 Å². The summed E-state index contributed by atoms with van der Waals surface area (Å²) in [5.74, 6) is -0.873. The maximum atomic E-state index is 12.1. The molecule has 2 N–H and O–H groups in total. The van der Waals surface area contributed by atoms with Crippen molar-refractivity contribution < 1.29 is 19.7 Å². The van der Waals surface area contributed by atoms with E-state index in [0.717, 1.165) is 24.8 Å². The number of esters is 1. The van der Waals surface area contributed by atoms with Gasteiger partial charge in [0.2, 0.25) is 0 Å². The van der Waals surface area contributed by atoms with Crippen molar-refractivity contribution in [3.63, 3.8) is 0 Å². The summed E-state index contributed by atoms with van der Waals surface area (Å²) < 4.78 is 5.41. The van der Waals surface area contributed by atoms with Crippen LogP contribution < -0.4 is 0 Å². The van der Waals surface area contributed by atoms with Crippen LogP contribution in [0, 0.1) is 5.92 Å². The summed E-state index contributed by atoms with van der Waals surface area (Å²) in [6.07, 6.45) is 7.11. The van der Waals surface area contributed by atoms with Crippen molar-refractivity contribution in [3.8, 4) is 0 Å². The molecule has 0 aromatic carbocycles. The third-order valence-corrected chi connectivity index (χ3v) is 5.29. The molecule has 4 atom stereocenters. The molecule has 1 aliphatic heterocycles. The molecular weight excluding hydrogens is 304 g/mol. The number of carbonyl (C=O) groups excluding carboxylic acids is 1. The van der Waals surface area contributed by atoms with Gasteiger partial charge >= 0.3 is 5.97 Å². The summed E-state index contributed by atoms with van der Waals surface area (Å²) in [5, 5.41) is 21.4. The third-order valence-electron chi connectivity index (χ3n) is 5.29. The Hall–Kier alpha value is -1.39. The summed E-state index contributed by atoms with van der Waals surface area (Å²) in [6, 6.07) is 0. The minimum Gasteiger partial charge on any atom is -0.456 e. The van der Waals surface area contributed by atoms with Gasteiger partial charge < -0.3 is 14.9 Å². The first-order chi connectivity index (χ1) is 11.2.